The maximum atomic E-state index is 13.8. The van der Waals surface area contributed by atoms with Crippen molar-refractivity contribution < 1.29 is 25.3 Å². The van der Waals surface area contributed by atoms with Crippen LogP contribution in [0.2, 0.25) is 0 Å². The van der Waals surface area contributed by atoms with Crippen LogP contribution in [0.5, 0.6) is 0 Å². The summed E-state index contributed by atoms with van der Waals surface area (Å²) < 4.78 is 84.8. The number of hydrogen-bond acceptors (Lipinski definition) is 9. The van der Waals surface area contributed by atoms with E-state index in [1.165, 1.54) is 30.3 Å². The fraction of sp³-hybridized carbons (Fsp3) is 0.125. The summed E-state index contributed by atoms with van der Waals surface area (Å²) in [7, 11) is -9.36. The smallest absolute Gasteiger partial charge is 0.271 e. The van der Waals surface area contributed by atoms with Crippen molar-refractivity contribution in [1.82, 2.24) is 8.94 Å². The average molecular weight is 678 g/mol. The molecule has 5 aromatic carbocycles. The van der Waals surface area contributed by atoms with Crippen molar-refractivity contribution in [3.05, 3.63) is 126 Å². The molecule has 0 amide bonds. The Hall–Kier alpha value is -4.47. The maximum Gasteiger partial charge on any atom is 0.271 e. The molecular weight excluding hydrogens is 647 g/mol. The molecule has 0 saturated heterocycles. The van der Waals surface area contributed by atoms with Crippen LogP contribution < -0.4 is 15.0 Å². The van der Waals surface area contributed by atoms with Crippen molar-refractivity contribution in [2.75, 3.05) is 35.4 Å². The number of para-hydroxylation sites is 1. The van der Waals surface area contributed by atoms with Gasteiger partial charge in [0.25, 0.3) is 20.0 Å². The number of hydrogen-bond donors (Lipinski definition) is 2. The molecule has 46 heavy (non-hydrogen) atoms. The Bertz CT molecular complexity index is 2280. The Balaban J connectivity index is 1.43. The summed E-state index contributed by atoms with van der Waals surface area (Å²) >= 11 is 0. The van der Waals surface area contributed by atoms with Gasteiger partial charge in [0.05, 0.1) is 27.8 Å². The number of hydrazine groups is 2. The fourth-order valence-electron chi connectivity index (χ4n) is 5.62. The van der Waals surface area contributed by atoms with Gasteiger partial charge in [-0.05, 0) is 51.8 Å². The third-order valence-corrected chi connectivity index (χ3v) is 12.6. The van der Waals surface area contributed by atoms with Crippen molar-refractivity contribution in [1.29, 1.82) is 0 Å². The molecule has 0 radical (unpaired) electrons. The van der Waals surface area contributed by atoms with E-state index in [0.29, 0.717) is 26.0 Å². The van der Waals surface area contributed by atoms with Gasteiger partial charge < -0.3 is 10.3 Å². The minimum absolute atomic E-state index is 0.0887. The number of benzene rings is 5. The van der Waals surface area contributed by atoms with Gasteiger partial charge in [0.15, 0.2) is 0 Å². The number of nitrogens with one attached hydrogen (secondary N) is 2. The van der Waals surface area contributed by atoms with Crippen molar-refractivity contribution in [3.63, 3.8) is 0 Å². The second-order valence-electron chi connectivity index (χ2n) is 11.0. The molecule has 0 saturated carbocycles. The second kappa shape index (κ2) is 11.7. The van der Waals surface area contributed by atoms with E-state index in [1.54, 1.807) is 72.8 Å². The first kappa shape index (κ1) is 31.5. The molecule has 14 heteroatoms. The molecule has 0 aliphatic carbocycles. The summed E-state index contributed by atoms with van der Waals surface area (Å²) in [5, 5.41) is 2.37. The van der Waals surface area contributed by atoms with Crippen molar-refractivity contribution in [2.24, 2.45) is 0 Å². The lowest BCUT2D eigenvalue weighted by Gasteiger charge is -2.33. The van der Waals surface area contributed by atoms with Gasteiger partial charge in [-0.15, -0.1) is 5.12 Å². The SMILES string of the molecule is CN(C)c1cccc2c(S(=O)(=O)Nc3cccc(C4c5ccccc5NN4N(S(C)(=O)=O)S(=O)(=O)c4ccccc4)c3)cccc12. The standard InChI is InChI=1S/C32H31N5O6S3/c1-35(2)30-20-10-18-27-26(30)17-11-21-31(27)45(40,41)34-24-13-9-12-23(22-24)32-28-16-7-8-19-29(28)33-36(32)37(44(3,38)39)46(42,43)25-14-5-4-6-15-25/h4-22,32-34H,1-3H3. The predicted molar refractivity (Wildman–Crippen MR) is 180 cm³/mol. The molecule has 1 aliphatic heterocycles. The summed E-state index contributed by atoms with van der Waals surface area (Å²) in [6, 6.07) is 30.2. The molecule has 0 aromatic heterocycles. The molecule has 1 aliphatic rings. The number of fused-ring (bicyclic) bond motifs is 2. The molecule has 1 atom stereocenters. The summed E-state index contributed by atoms with van der Waals surface area (Å²) in [4.78, 5) is 1.78. The normalized spacial score (nSPS) is 15.4. The molecular formula is C32H31N5O6S3. The Morgan fingerprint density at radius 1 is 0.717 bits per heavy atom. The van der Waals surface area contributed by atoms with Crippen LogP contribution in [-0.2, 0) is 30.1 Å². The first-order chi connectivity index (χ1) is 21.8. The van der Waals surface area contributed by atoms with E-state index in [2.05, 4.69) is 10.1 Å². The first-order valence-electron chi connectivity index (χ1n) is 14.1. The van der Waals surface area contributed by atoms with E-state index >= 15 is 0 Å². The highest BCUT2D eigenvalue weighted by atomic mass is 32.3. The van der Waals surface area contributed by atoms with Gasteiger partial charge >= 0.3 is 0 Å². The number of sulfonamides is 3. The highest BCUT2D eigenvalue weighted by Gasteiger charge is 2.46. The third-order valence-electron chi connectivity index (χ3n) is 7.53. The molecule has 5 aromatic rings. The lowest BCUT2D eigenvalue weighted by molar-refractivity contribution is 0.148. The molecule has 0 bridgehead atoms. The summed E-state index contributed by atoms with van der Waals surface area (Å²) in [5.74, 6) is 0. The van der Waals surface area contributed by atoms with Gasteiger partial charge in [0.2, 0.25) is 10.0 Å². The first-order valence-corrected chi connectivity index (χ1v) is 18.8. The van der Waals surface area contributed by atoms with E-state index in [9.17, 15) is 25.3 Å². The molecule has 0 spiro atoms. The van der Waals surface area contributed by atoms with Crippen LogP contribution >= 0.6 is 0 Å². The van der Waals surface area contributed by atoms with Crippen LogP contribution in [0.25, 0.3) is 10.8 Å². The van der Waals surface area contributed by atoms with E-state index < -0.39 is 36.1 Å². The van der Waals surface area contributed by atoms with E-state index in [0.717, 1.165) is 22.4 Å². The van der Waals surface area contributed by atoms with E-state index in [-0.39, 0.29) is 15.5 Å². The molecule has 238 valence electrons. The zero-order valence-electron chi connectivity index (χ0n) is 25.1. The van der Waals surface area contributed by atoms with Gasteiger partial charge in [-0.2, -0.15) is 0 Å². The molecule has 0 fully saturated rings. The van der Waals surface area contributed by atoms with Crippen LogP contribution in [0.4, 0.5) is 17.1 Å². The Morgan fingerprint density at radius 3 is 2.09 bits per heavy atom. The topological polar surface area (TPSA) is 136 Å². The Labute approximate surface area is 268 Å². The maximum absolute atomic E-state index is 13.8. The van der Waals surface area contributed by atoms with Gasteiger partial charge in [0, 0.05) is 41.8 Å². The number of anilines is 3. The predicted octanol–water partition coefficient (Wildman–Crippen LogP) is 5.00. The minimum Gasteiger partial charge on any atom is -0.377 e. The highest BCUT2D eigenvalue weighted by Crippen LogP contribution is 2.43. The zero-order valence-corrected chi connectivity index (χ0v) is 27.5. The third kappa shape index (κ3) is 5.69. The van der Waals surface area contributed by atoms with Crippen molar-refractivity contribution in [2.45, 2.75) is 15.8 Å². The zero-order chi connectivity index (χ0) is 32.9. The summed E-state index contributed by atoms with van der Waals surface area (Å²) in [6.07, 6.45) is 0.811. The van der Waals surface area contributed by atoms with Crippen molar-refractivity contribution >= 4 is 57.9 Å². The monoisotopic (exact) mass is 677 g/mol. The van der Waals surface area contributed by atoms with Crippen LogP contribution in [0.15, 0.2) is 125 Å². The molecule has 6 rings (SSSR count). The Morgan fingerprint density at radius 2 is 1.37 bits per heavy atom. The highest BCUT2D eigenvalue weighted by molar-refractivity contribution is 8.03. The average Bonchev–Trinajstić information content (AvgIpc) is 3.38. The largest absolute Gasteiger partial charge is 0.377 e. The summed E-state index contributed by atoms with van der Waals surface area (Å²) in [6.45, 7) is 0. The lowest BCUT2D eigenvalue weighted by Crippen LogP contribution is -2.51. The van der Waals surface area contributed by atoms with Crippen molar-refractivity contribution in [3.8, 4) is 0 Å². The quantitative estimate of drug-likeness (QED) is 0.221. The molecule has 1 heterocycles. The minimum atomic E-state index is -4.61. The van der Waals surface area contributed by atoms with Gasteiger partial charge in [0.1, 0.15) is 0 Å². The second-order valence-corrected chi connectivity index (χ2v) is 16.4. The summed E-state index contributed by atoms with van der Waals surface area (Å²) in [5.41, 5.74) is 5.53. The van der Waals surface area contributed by atoms with Gasteiger partial charge in [-0.3, -0.25) is 4.72 Å². The van der Waals surface area contributed by atoms with Gasteiger partial charge in [-0.1, -0.05) is 72.8 Å². The molecule has 2 N–H and O–H groups in total. The van der Waals surface area contributed by atoms with Crippen LogP contribution in [0.3, 0.4) is 0 Å². The number of rotatable bonds is 9. The lowest BCUT2D eigenvalue weighted by atomic mass is 9.99. The molecule has 11 nitrogen and oxygen atoms in total. The number of nitrogens with zero attached hydrogens (tertiary/aromatic N) is 3. The Kier molecular flexibility index (Phi) is 8.02. The van der Waals surface area contributed by atoms with E-state index in [1.807, 2.05) is 31.1 Å². The molecule has 1 unspecified atom stereocenters. The fourth-order valence-corrected chi connectivity index (χ4v) is 10.1. The van der Waals surface area contributed by atoms with Gasteiger partial charge in [-0.25, -0.2) is 25.3 Å². The van der Waals surface area contributed by atoms with Crippen LogP contribution in [0, 0.1) is 0 Å². The van der Waals surface area contributed by atoms with Crippen LogP contribution in [0.1, 0.15) is 17.2 Å². The van der Waals surface area contributed by atoms with E-state index in [4.69, 9.17) is 0 Å². The van der Waals surface area contributed by atoms with Crippen LogP contribution in [-0.4, -0.2) is 54.5 Å².